The minimum absolute atomic E-state index is 0.125. The van der Waals surface area contributed by atoms with Crippen molar-refractivity contribution in [2.75, 3.05) is 11.5 Å². The van der Waals surface area contributed by atoms with Gasteiger partial charge in [0, 0.05) is 22.3 Å². The second-order valence-corrected chi connectivity index (χ2v) is 7.18. The fraction of sp³-hybridized carbons (Fsp3) is 0.833. The van der Waals surface area contributed by atoms with Gasteiger partial charge in [0.2, 0.25) is 0 Å². The molecule has 1 saturated carbocycles. The Balaban J connectivity index is 2.36. The molecule has 0 aromatic rings. The topological polar surface area (TPSA) is 78.2 Å². The molecule has 96 valence electrons. The smallest absolute Gasteiger partial charge is 0.303 e. The van der Waals surface area contributed by atoms with E-state index >= 15 is 0 Å². The molecular weight excluding hydrogens is 238 g/mol. The van der Waals surface area contributed by atoms with E-state index in [9.17, 15) is 9.00 Å². The number of aliphatic carboxylic acids is 1. The van der Waals surface area contributed by atoms with Crippen molar-refractivity contribution in [1.82, 2.24) is 0 Å². The monoisotopic (exact) mass is 257 g/mol. The number of carboxylic acids is 1. The van der Waals surface area contributed by atoms with Crippen LogP contribution in [0.3, 0.4) is 0 Å². The average Bonchev–Trinajstić information content (AvgIpc) is 2.94. The third-order valence-electron chi connectivity index (χ3n) is 3.21. The van der Waals surface area contributed by atoms with Crippen LogP contribution in [0.15, 0.2) is 0 Å². The van der Waals surface area contributed by atoms with Crippen LogP contribution in [0, 0.1) is 22.2 Å². The van der Waals surface area contributed by atoms with Crippen LogP contribution >= 0.6 is 0 Å². The second-order valence-electron chi connectivity index (χ2n) is 5.60. The van der Waals surface area contributed by atoms with Gasteiger partial charge in [-0.25, -0.2) is 0 Å². The average molecular weight is 257 g/mol. The van der Waals surface area contributed by atoms with Crippen LogP contribution < -0.4 is 0 Å². The van der Waals surface area contributed by atoms with Gasteiger partial charge in [0.25, 0.3) is 0 Å². The van der Waals surface area contributed by atoms with Crippen LogP contribution in [0.5, 0.6) is 0 Å². The summed E-state index contributed by atoms with van der Waals surface area (Å²) < 4.78 is 11.9. The van der Waals surface area contributed by atoms with Crippen LogP contribution in [0.4, 0.5) is 0 Å². The van der Waals surface area contributed by atoms with Crippen LogP contribution in [0.2, 0.25) is 0 Å². The molecule has 0 amide bonds. The van der Waals surface area contributed by atoms with Gasteiger partial charge >= 0.3 is 5.97 Å². The molecule has 1 aliphatic carbocycles. The minimum Gasteiger partial charge on any atom is -0.481 e. The maximum Gasteiger partial charge on any atom is 0.303 e. The molecule has 17 heavy (non-hydrogen) atoms. The summed E-state index contributed by atoms with van der Waals surface area (Å²) in [4.78, 5) is 10.7. The van der Waals surface area contributed by atoms with Crippen LogP contribution in [-0.4, -0.2) is 26.8 Å². The van der Waals surface area contributed by atoms with Crippen molar-refractivity contribution in [3.8, 4) is 6.07 Å². The van der Waals surface area contributed by atoms with Crippen LogP contribution in [0.25, 0.3) is 0 Å². The molecule has 1 atom stereocenters. The van der Waals surface area contributed by atoms with E-state index < -0.39 is 22.2 Å². The van der Waals surface area contributed by atoms with E-state index in [0.717, 1.165) is 12.8 Å². The molecule has 0 spiro atoms. The van der Waals surface area contributed by atoms with Crippen molar-refractivity contribution in [1.29, 1.82) is 5.26 Å². The quantitative estimate of drug-likeness (QED) is 0.756. The van der Waals surface area contributed by atoms with Crippen LogP contribution in [-0.2, 0) is 15.6 Å². The molecule has 0 bridgehead atoms. The molecule has 1 fully saturated rings. The van der Waals surface area contributed by atoms with Gasteiger partial charge in [-0.15, -0.1) is 0 Å². The van der Waals surface area contributed by atoms with Gasteiger partial charge in [-0.2, -0.15) is 5.26 Å². The van der Waals surface area contributed by atoms with Gasteiger partial charge in [0.1, 0.15) is 0 Å². The molecule has 1 aliphatic rings. The molecule has 0 radical (unpaired) electrons. The first-order chi connectivity index (χ1) is 7.79. The van der Waals surface area contributed by atoms with Crippen molar-refractivity contribution in [2.45, 2.75) is 39.5 Å². The number of hydrogen-bond donors (Lipinski definition) is 1. The van der Waals surface area contributed by atoms with E-state index in [-0.39, 0.29) is 11.8 Å². The number of carboxylic acid groups (broad SMARTS) is 1. The fourth-order valence-electron chi connectivity index (χ4n) is 1.71. The molecule has 1 unspecified atom stereocenters. The lowest BCUT2D eigenvalue weighted by molar-refractivity contribution is -0.138. The second kappa shape index (κ2) is 5.18. The summed E-state index contributed by atoms with van der Waals surface area (Å²) in [5.74, 6) is 0.153. The largest absolute Gasteiger partial charge is 0.481 e. The highest BCUT2D eigenvalue weighted by Crippen LogP contribution is 2.49. The summed E-state index contributed by atoms with van der Waals surface area (Å²) in [6, 6.07) is 2.18. The molecule has 0 aliphatic heterocycles. The number of hydrogen-bond acceptors (Lipinski definition) is 3. The number of nitriles is 1. The summed E-state index contributed by atoms with van der Waals surface area (Å²) in [5.41, 5.74) is -0.660. The van der Waals surface area contributed by atoms with Crippen molar-refractivity contribution in [2.24, 2.45) is 10.8 Å². The minimum atomic E-state index is -1.01. The Bertz CT molecular complexity index is 366. The zero-order chi connectivity index (χ0) is 13.1. The summed E-state index contributed by atoms with van der Waals surface area (Å²) in [6.07, 6.45) is 2.46. The summed E-state index contributed by atoms with van der Waals surface area (Å²) >= 11 is 0. The molecule has 1 rings (SSSR count). The van der Waals surface area contributed by atoms with Crippen LogP contribution in [0.1, 0.15) is 39.5 Å². The van der Waals surface area contributed by atoms with E-state index in [4.69, 9.17) is 10.4 Å². The number of carbonyl (C=O) groups is 1. The lowest BCUT2D eigenvalue weighted by Gasteiger charge is -2.16. The Morgan fingerprint density at radius 2 is 2.12 bits per heavy atom. The first-order valence-electron chi connectivity index (χ1n) is 5.77. The highest BCUT2D eigenvalue weighted by Gasteiger charge is 2.45. The molecule has 0 saturated heterocycles. The molecular formula is C12H19NO3S. The standard InChI is InChI=1S/C12H19NO3S/c1-11(2,8-13)5-6-17(16)9-12(3-4-12)7-10(14)15/h3-7,9H2,1-2H3,(H,14,15). The lowest BCUT2D eigenvalue weighted by atomic mass is 9.93. The van der Waals surface area contributed by atoms with Gasteiger partial charge in [-0.3, -0.25) is 9.00 Å². The number of nitrogens with zero attached hydrogens (tertiary/aromatic N) is 1. The van der Waals surface area contributed by atoms with Gasteiger partial charge in [-0.05, 0) is 38.5 Å². The van der Waals surface area contributed by atoms with Gasteiger partial charge in [0.15, 0.2) is 0 Å². The zero-order valence-electron chi connectivity index (χ0n) is 10.4. The summed E-state index contributed by atoms with van der Waals surface area (Å²) in [6.45, 7) is 3.66. The third kappa shape index (κ3) is 4.86. The van der Waals surface area contributed by atoms with Gasteiger partial charge < -0.3 is 5.11 Å². The van der Waals surface area contributed by atoms with Crippen molar-refractivity contribution in [3.05, 3.63) is 0 Å². The van der Waals surface area contributed by atoms with E-state index in [1.54, 1.807) is 0 Å². The third-order valence-corrected chi connectivity index (χ3v) is 4.80. The van der Waals surface area contributed by atoms with Gasteiger partial charge in [0.05, 0.1) is 17.9 Å². The van der Waals surface area contributed by atoms with E-state index in [0.29, 0.717) is 17.9 Å². The predicted octanol–water partition coefficient (Wildman–Crippen LogP) is 1.93. The highest BCUT2D eigenvalue weighted by atomic mass is 32.2. The fourth-order valence-corrected chi connectivity index (χ4v) is 3.66. The Morgan fingerprint density at radius 3 is 2.53 bits per heavy atom. The normalized spacial score (nSPS) is 19.4. The van der Waals surface area contributed by atoms with E-state index in [1.165, 1.54) is 0 Å². The molecule has 0 heterocycles. The number of rotatable bonds is 7. The first-order valence-corrected chi connectivity index (χ1v) is 7.25. The Kier molecular flexibility index (Phi) is 4.31. The maximum absolute atomic E-state index is 11.9. The lowest BCUT2D eigenvalue weighted by Crippen LogP contribution is -2.20. The highest BCUT2D eigenvalue weighted by molar-refractivity contribution is 7.85. The molecule has 5 heteroatoms. The van der Waals surface area contributed by atoms with Gasteiger partial charge in [-0.1, -0.05) is 0 Å². The van der Waals surface area contributed by atoms with E-state index in [2.05, 4.69) is 6.07 Å². The SMILES string of the molecule is CC(C)(C#N)CCS(=O)CC1(CC(=O)O)CC1. The summed E-state index contributed by atoms with van der Waals surface area (Å²) in [7, 11) is -1.01. The summed E-state index contributed by atoms with van der Waals surface area (Å²) in [5, 5.41) is 17.6. The Labute approximate surface area is 104 Å². The Morgan fingerprint density at radius 1 is 1.53 bits per heavy atom. The van der Waals surface area contributed by atoms with Crippen molar-refractivity contribution >= 4 is 16.8 Å². The van der Waals surface area contributed by atoms with E-state index in [1.807, 2.05) is 13.8 Å². The molecule has 0 aromatic carbocycles. The molecule has 1 N–H and O–H groups in total. The van der Waals surface area contributed by atoms with Crippen molar-refractivity contribution < 1.29 is 14.1 Å². The molecule has 4 nitrogen and oxygen atoms in total. The molecule has 0 aromatic heterocycles. The zero-order valence-corrected chi connectivity index (χ0v) is 11.2. The maximum atomic E-state index is 11.9. The Hall–Kier alpha value is -0.890. The van der Waals surface area contributed by atoms with Crippen molar-refractivity contribution in [3.63, 3.8) is 0 Å². The predicted molar refractivity (Wildman–Crippen MR) is 65.8 cm³/mol. The first kappa shape index (κ1) is 14.2.